The van der Waals surface area contributed by atoms with Crippen molar-refractivity contribution in [2.75, 3.05) is 0 Å². The molecule has 2 heterocycles. The molecule has 0 amide bonds. The fourth-order valence-corrected chi connectivity index (χ4v) is 2.13. The van der Waals surface area contributed by atoms with Gasteiger partial charge < -0.3 is 5.11 Å². The summed E-state index contributed by atoms with van der Waals surface area (Å²) in [6.07, 6.45) is -1.35. The molecule has 3 aromatic rings. The van der Waals surface area contributed by atoms with Crippen LogP contribution in [0.2, 0.25) is 0 Å². The van der Waals surface area contributed by atoms with Gasteiger partial charge in [-0.1, -0.05) is 24.3 Å². The first-order chi connectivity index (χ1) is 10.0. The van der Waals surface area contributed by atoms with Crippen molar-refractivity contribution in [2.45, 2.75) is 12.8 Å². The number of aromatic nitrogens is 3. The number of fused-ring (bicyclic) bond motifs is 1. The van der Waals surface area contributed by atoms with E-state index in [1.807, 2.05) is 0 Å². The fraction of sp³-hybridized carbons (Fsp3) is 0.143. The molecule has 4 nitrogen and oxygen atoms in total. The molecule has 0 spiro atoms. The first-order valence-electron chi connectivity index (χ1n) is 6.10. The van der Waals surface area contributed by atoms with Gasteiger partial charge in [-0.05, 0) is 5.39 Å². The third-order valence-corrected chi connectivity index (χ3v) is 3.15. The molecule has 108 valence electrons. The van der Waals surface area contributed by atoms with Gasteiger partial charge in [0.2, 0.25) is 0 Å². The van der Waals surface area contributed by atoms with Crippen molar-refractivity contribution in [1.29, 1.82) is 0 Å². The van der Waals surface area contributed by atoms with Crippen molar-refractivity contribution in [3.8, 4) is 5.82 Å². The van der Waals surface area contributed by atoms with E-state index in [0.717, 1.165) is 22.5 Å². The first-order valence-corrected chi connectivity index (χ1v) is 6.10. The zero-order valence-corrected chi connectivity index (χ0v) is 10.7. The molecule has 3 rings (SSSR count). The topological polar surface area (TPSA) is 50.9 Å². The summed E-state index contributed by atoms with van der Waals surface area (Å²) < 4.78 is 39.0. The second kappa shape index (κ2) is 4.85. The lowest BCUT2D eigenvalue weighted by Crippen LogP contribution is -2.04. The van der Waals surface area contributed by atoms with E-state index in [-0.39, 0.29) is 6.61 Å². The maximum atomic E-state index is 12.6. The van der Waals surface area contributed by atoms with E-state index in [1.165, 1.54) is 6.20 Å². The molecule has 21 heavy (non-hydrogen) atoms. The van der Waals surface area contributed by atoms with Crippen LogP contribution in [-0.4, -0.2) is 19.9 Å². The van der Waals surface area contributed by atoms with Gasteiger partial charge in [-0.15, -0.1) is 0 Å². The van der Waals surface area contributed by atoms with Gasteiger partial charge in [0.25, 0.3) is 0 Å². The van der Waals surface area contributed by atoms with Crippen LogP contribution in [0.4, 0.5) is 13.2 Å². The van der Waals surface area contributed by atoms with Crippen molar-refractivity contribution < 1.29 is 18.3 Å². The van der Waals surface area contributed by atoms with Crippen LogP contribution >= 0.6 is 0 Å². The summed E-state index contributed by atoms with van der Waals surface area (Å²) in [5.41, 5.74) is -0.225. The van der Waals surface area contributed by atoms with Gasteiger partial charge in [-0.2, -0.15) is 18.3 Å². The van der Waals surface area contributed by atoms with Crippen molar-refractivity contribution in [3.05, 3.63) is 54.0 Å². The molecule has 0 aliphatic rings. The minimum Gasteiger partial charge on any atom is -0.392 e. The third-order valence-electron chi connectivity index (χ3n) is 3.15. The molecular weight excluding hydrogens is 283 g/mol. The van der Waals surface area contributed by atoms with Crippen LogP contribution in [0.1, 0.15) is 11.1 Å². The Morgan fingerprint density at radius 1 is 1.10 bits per heavy atom. The van der Waals surface area contributed by atoms with Gasteiger partial charge in [-0.25, -0.2) is 9.67 Å². The number of hydrogen-bond acceptors (Lipinski definition) is 3. The molecular formula is C14H10F3N3O. The van der Waals surface area contributed by atoms with Gasteiger partial charge in [-0.3, -0.25) is 0 Å². The molecule has 0 aliphatic heterocycles. The lowest BCUT2D eigenvalue weighted by Gasteiger charge is -2.08. The number of rotatable bonds is 2. The van der Waals surface area contributed by atoms with Gasteiger partial charge in [0.05, 0.1) is 18.4 Å². The molecule has 1 aromatic carbocycles. The minimum absolute atomic E-state index is 0.194. The highest BCUT2D eigenvalue weighted by molar-refractivity contribution is 5.90. The second-order valence-electron chi connectivity index (χ2n) is 4.48. The van der Waals surface area contributed by atoms with Crippen LogP contribution in [0.3, 0.4) is 0 Å². The Hall–Kier alpha value is -2.41. The monoisotopic (exact) mass is 293 g/mol. The highest BCUT2D eigenvalue weighted by atomic mass is 19.4. The maximum absolute atomic E-state index is 12.6. The molecule has 0 saturated heterocycles. The van der Waals surface area contributed by atoms with E-state index in [0.29, 0.717) is 16.8 Å². The fourth-order valence-electron chi connectivity index (χ4n) is 2.13. The number of aliphatic hydroxyl groups is 1. The summed E-state index contributed by atoms with van der Waals surface area (Å²) >= 11 is 0. The lowest BCUT2D eigenvalue weighted by molar-refractivity contribution is -0.137. The molecule has 0 bridgehead atoms. The summed E-state index contributed by atoms with van der Waals surface area (Å²) in [5, 5.41) is 14.4. The molecule has 0 fully saturated rings. The molecule has 0 aliphatic carbocycles. The third kappa shape index (κ3) is 2.36. The highest BCUT2D eigenvalue weighted by Gasteiger charge is 2.32. The van der Waals surface area contributed by atoms with E-state index >= 15 is 0 Å². The Kier molecular flexibility index (Phi) is 3.13. The van der Waals surface area contributed by atoms with Crippen LogP contribution in [-0.2, 0) is 12.8 Å². The van der Waals surface area contributed by atoms with Gasteiger partial charge >= 0.3 is 6.18 Å². The molecule has 1 N–H and O–H groups in total. The molecule has 0 unspecified atom stereocenters. The van der Waals surface area contributed by atoms with Gasteiger partial charge in [0, 0.05) is 23.3 Å². The number of aliphatic hydroxyl groups excluding tert-OH is 1. The Morgan fingerprint density at radius 3 is 2.43 bits per heavy atom. The lowest BCUT2D eigenvalue weighted by atomic mass is 10.1. The molecule has 7 heteroatoms. The van der Waals surface area contributed by atoms with Crippen molar-refractivity contribution in [2.24, 2.45) is 0 Å². The Morgan fingerprint density at radius 2 is 1.81 bits per heavy atom. The Balaban J connectivity index is 2.19. The highest BCUT2D eigenvalue weighted by Crippen LogP contribution is 2.30. The standard InChI is InChI=1S/C14H10F3N3O/c15-14(16,17)10-6-19-20(7-10)13-12-4-2-1-3-11(12)9(8-21)5-18-13/h1-7,21H,8H2. The predicted octanol–water partition coefficient (Wildman–Crippen LogP) is 2.93. The largest absolute Gasteiger partial charge is 0.419 e. The molecule has 0 saturated carbocycles. The average molecular weight is 293 g/mol. The Bertz CT molecular complexity index is 796. The summed E-state index contributed by atoms with van der Waals surface area (Å²) in [4.78, 5) is 4.12. The van der Waals surface area contributed by atoms with E-state index in [4.69, 9.17) is 0 Å². The molecule has 2 aromatic heterocycles. The van der Waals surface area contributed by atoms with E-state index in [1.54, 1.807) is 24.3 Å². The maximum Gasteiger partial charge on any atom is 0.419 e. The minimum atomic E-state index is -4.45. The predicted molar refractivity (Wildman–Crippen MR) is 69.8 cm³/mol. The molecule has 0 radical (unpaired) electrons. The molecule has 0 atom stereocenters. The van der Waals surface area contributed by atoms with E-state index in [2.05, 4.69) is 10.1 Å². The Labute approximate surface area is 117 Å². The number of halogens is 3. The number of pyridine rings is 1. The zero-order chi connectivity index (χ0) is 15.0. The van der Waals surface area contributed by atoms with Gasteiger partial charge in [0.1, 0.15) is 0 Å². The van der Waals surface area contributed by atoms with Crippen LogP contribution in [0.25, 0.3) is 16.6 Å². The summed E-state index contributed by atoms with van der Waals surface area (Å²) in [7, 11) is 0. The van der Waals surface area contributed by atoms with Crippen LogP contribution < -0.4 is 0 Å². The van der Waals surface area contributed by atoms with Crippen LogP contribution in [0.15, 0.2) is 42.9 Å². The number of benzene rings is 1. The number of alkyl halides is 3. The van der Waals surface area contributed by atoms with Crippen molar-refractivity contribution >= 4 is 10.8 Å². The summed E-state index contributed by atoms with van der Waals surface area (Å²) in [5.74, 6) is 0.290. The quantitative estimate of drug-likeness (QED) is 0.790. The van der Waals surface area contributed by atoms with Crippen molar-refractivity contribution in [3.63, 3.8) is 0 Å². The number of nitrogens with zero attached hydrogens (tertiary/aromatic N) is 3. The summed E-state index contributed by atoms with van der Waals surface area (Å²) in [6, 6.07) is 7.05. The zero-order valence-electron chi connectivity index (χ0n) is 10.7. The average Bonchev–Trinajstić information content (AvgIpc) is 2.96. The first kappa shape index (κ1) is 13.6. The second-order valence-corrected chi connectivity index (χ2v) is 4.48. The normalized spacial score (nSPS) is 12.0. The van der Waals surface area contributed by atoms with Gasteiger partial charge in [0.15, 0.2) is 5.82 Å². The smallest absolute Gasteiger partial charge is 0.392 e. The van der Waals surface area contributed by atoms with Crippen molar-refractivity contribution in [1.82, 2.24) is 14.8 Å². The van der Waals surface area contributed by atoms with E-state index < -0.39 is 11.7 Å². The SMILES string of the molecule is OCc1cnc(-n2cc(C(F)(F)F)cn2)c2ccccc12. The number of hydrogen-bond donors (Lipinski definition) is 1. The van der Waals surface area contributed by atoms with Crippen LogP contribution in [0, 0.1) is 0 Å². The van der Waals surface area contributed by atoms with Crippen LogP contribution in [0.5, 0.6) is 0 Å². The van der Waals surface area contributed by atoms with E-state index in [9.17, 15) is 18.3 Å². The summed E-state index contributed by atoms with van der Waals surface area (Å²) in [6.45, 7) is -0.194.